The van der Waals surface area contributed by atoms with Crippen LogP contribution >= 0.6 is 11.3 Å². The van der Waals surface area contributed by atoms with Gasteiger partial charge < -0.3 is 4.57 Å². The molecule has 3 aromatic rings. The molecule has 2 aromatic heterocycles. The van der Waals surface area contributed by atoms with Gasteiger partial charge >= 0.3 is 0 Å². The summed E-state index contributed by atoms with van der Waals surface area (Å²) in [4.78, 5) is 24.1. The highest BCUT2D eigenvalue weighted by Crippen LogP contribution is 2.34. The minimum atomic E-state index is -0.992. The Balaban J connectivity index is 1.71. The summed E-state index contributed by atoms with van der Waals surface area (Å²) in [5, 5.41) is 0.967. The van der Waals surface area contributed by atoms with Crippen molar-refractivity contribution in [3.63, 3.8) is 0 Å². The number of benzene rings is 1. The minimum absolute atomic E-state index is 0.191. The molecule has 0 radical (unpaired) electrons. The van der Waals surface area contributed by atoms with E-state index < -0.39 is 17.5 Å². The molecule has 1 aromatic carbocycles. The number of H-pyrrole nitrogens is 1. The fourth-order valence-electron chi connectivity index (χ4n) is 4.22. The van der Waals surface area contributed by atoms with Crippen molar-refractivity contribution in [3.05, 3.63) is 74.0 Å². The Hall–Kier alpha value is -2.87. The van der Waals surface area contributed by atoms with Crippen LogP contribution in [-0.2, 0) is 6.42 Å². The number of aromatic amines is 1. The third-order valence-corrected chi connectivity index (χ3v) is 6.60. The van der Waals surface area contributed by atoms with Gasteiger partial charge in [0.05, 0.1) is 32.6 Å². The molecule has 5 nitrogen and oxygen atoms in total. The van der Waals surface area contributed by atoms with Crippen molar-refractivity contribution in [3.8, 4) is 0 Å². The first-order valence-corrected chi connectivity index (χ1v) is 10.7. The fraction of sp³-hybridized carbons (Fsp3) is 0.318. The van der Waals surface area contributed by atoms with Crippen LogP contribution in [0.2, 0.25) is 0 Å². The number of alkyl halides is 1. The summed E-state index contributed by atoms with van der Waals surface area (Å²) in [6.07, 6.45) is 5.50. The smallest absolute Gasteiger partial charge is 0.288 e. The highest BCUT2D eigenvalue weighted by Gasteiger charge is 2.29. The number of nitrogens with one attached hydrogen (secondary N) is 1. The number of hydrogen-bond acceptors (Lipinski definition) is 4. The lowest BCUT2D eigenvalue weighted by atomic mass is 9.98. The molecule has 3 heterocycles. The molecule has 154 valence electrons. The normalized spacial score (nSPS) is 21.3. The Bertz CT molecular complexity index is 1360. The highest BCUT2D eigenvalue weighted by molar-refractivity contribution is 7.18. The third-order valence-electron chi connectivity index (χ3n) is 5.66. The molecule has 0 bridgehead atoms. The fourth-order valence-corrected chi connectivity index (χ4v) is 5.06. The molecule has 30 heavy (non-hydrogen) atoms. The predicted octanol–water partition coefficient (Wildman–Crippen LogP) is 4.49. The first kappa shape index (κ1) is 19.1. The van der Waals surface area contributed by atoms with Crippen molar-refractivity contribution in [2.75, 3.05) is 0 Å². The minimum Gasteiger partial charge on any atom is -0.305 e. The van der Waals surface area contributed by atoms with Crippen LogP contribution in [0.4, 0.5) is 14.5 Å². The molecular weight excluding hydrogens is 406 g/mol. The van der Waals surface area contributed by atoms with Crippen LogP contribution in [-0.4, -0.2) is 20.7 Å². The molecule has 2 unspecified atom stereocenters. The SMILES string of the molecule is Cc1nc2cc(C)c(/N=c3\[nH]c(=O)c(F)c4n3C(C3=CCC(F)C=C3)CC4)cc2s1. The van der Waals surface area contributed by atoms with Gasteiger partial charge in [-0.2, -0.15) is 4.39 Å². The van der Waals surface area contributed by atoms with Crippen LogP contribution in [0.5, 0.6) is 0 Å². The van der Waals surface area contributed by atoms with Crippen LogP contribution < -0.4 is 11.2 Å². The van der Waals surface area contributed by atoms with Gasteiger partial charge in [0, 0.05) is 6.42 Å². The van der Waals surface area contributed by atoms with Gasteiger partial charge in [0.1, 0.15) is 6.17 Å². The highest BCUT2D eigenvalue weighted by atomic mass is 32.1. The lowest BCUT2D eigenvalue weighted by molar-refractivity contribution is 0.398. The van der Waals surface area contributed by atoms with E-state index in [1.54, 1.807) is 22.0 Å². The number of rotatable bonds is 2. The summed E-state index contributed by atoms with van der Waals surface area (Å²) in [6.45, 7) is 3.89. The number of thiazole rings is 1. The maximum absolute atomic E-state index is 14.6. The van der Waals surface area contributed by atoms with Crippen molar-refractivity contribution < 1.29 is 8.78 Å². The van der Waals surface area contributed by atoms with Gasteiger partial charge in [-0.25, -0.2) is 14.4 Å². The van der Waals surface area contributed by atoms with E-state index in [4.69, 9.17) is 4.99 Å². The molecule has 2 aliphatic rings. The van der Waals surface area contributed by atoms with Crippen molar-refractivity contribution in [1.82, 2.24) is 14.5 Å². The van der Waals surface area contributed by atoms with Crippen LogP contribution in [0.1, 0.15) is 35.1 Å². The van der Waals surface area contributed by atoms with Crippen LogP contribution in [0, 0.1) is 19.7 Å². The maximum atomic E-state index is 14.6. The van der Waals surface area contributed by atoms with E-state index in [1.807, 2.05) is 32.1 Å². The summed E-state index contributed by atoms with van der Waals surface area (Å²) < 4.78 is 30.9. The summed E-state index contributed by atoms with van der Waals surface area (Å²) in [5.74, 6) is -0.773. The number of aromatic nitrogens is 3. The third kappa shape index (κ3) is 3.15. The van der Waals surface area contributed by atoms with E-state index in [0.717, 1.165) is 26.4 Å². The number of fused-ring (bicyclic) bond motifs is 2. The van der Waals surface area contributed by atoms with Crippen LogP contribution in [0.25, 0.3) is 10.2 Å². The van der Waals surface area contributed by atoms with Crippen molar-refractivity contribution in [2.24, 2.45) is 4.99 Å². The summed E-state index contributed by atoms with van der Waals surface area (Å²) >= 11 is 1.58. The Morgan fingerprint density at radius 1 is 1.33 bits per heavy atom. The number of halogens is 2. The standard InChI is InChI=1S/C22H20F2N4OS/c1-11-9-16-19(30-12(2)25-16)10-15(11)26-22-27-21(29)20(24)18-8-7-17(28(18)22)13-3-5-14(23)6-4-13/h3-5,9-10,14,17H,6-8H2,1-2H3,(H,26,27,29). The van der Waals surface area contributed by atoms with E-state index >= 15 is 0 Å². The first-order chi connectivity index (χ1) is 14.4. The van der Waals surface area contributed by atoms with Crippen LogP contribution in [0.3, 0.4) is 0 Å². The lowest BCUT2D eigenvalue weighted by Crippen LogP contribution is -2.35. The lowest BCUT2D eigenvalue weighted by Gasteiger charge is -2.20. The zero-order valence-electron chi connectivity index (χ0n) is 16.6. The molecule has 0 saturated heterocycles. The molecular formula is C22H20F2N4OS. The van der Waals surface area contributed by atoms with E-state index in [-0.39, 0.29) is 6.04 Å². The van der Waals surface area contributed by atoms with Gasteiger partial charge in [-0.15, -0.1) is 11.3 Å². The number of hydrogen-bond donors (Lipinski definition) is 1. The van der Waals surface area contributed by atoms with Gasteiger partial charge in [-0.1, -0.05) is 18.2 Å². The second-order valence-electron chi connectivity index (χ2n) is 7.73. The number of nitrogens with zero attached hydrogens (tertiary/aromatic N) is 3. The van der Waals surface area contributed by atoms with Crippen molar-refractivity contribution in [1.29, 1.82) is 0 Å². The topological polar surface area (TPSA) is 63.0 Å². The summed E-state index contributed by atoms with van der Waals surface area (Å²) in [5.41, 5.74) is 3.32. The molecule has 0 fully saturated rings. The van der Waals surface area contributed by atoms with E-state index in [0.29, 0.717) is 36.3 Å². The van der Waals surface area contributed by atoms with E-state index in [1.165, 1.54) is 6.08 Å². The first-order valence-electron chi connectivity index (χ1n) is 9.89. The largest absolute Gasteiger partial charge is 0.305 e. The number of aryl methyl sites for hydroxylation is 2. The Kier molecular flexibility index (Phi) is 4.54. The summed E-state index contributed by atoms with van der Waals surface area (Å²) in [7, 11) is 0. The average molecular weight is 426 g/mol. The zero-order valence-corrected chi connectivity index (χ0v) is 17.4. The Morgan fingerprint density at radius 3 is 2.93 bits per heavy atom. The zero-order chi connectivity index (χ0) is 21.0. The van der Waals surface area contributed by atoms with Gasteiger partial charge in [-0.3, -0.25) is 9.78 Å². The average Bonchev–Trinajstić information content (AvgIpc) is 3.30. The predicted molar refractivity (Wildman–Crippen MR) is 113 cm³/mol. The molecule has 0 spiro atoms. The molecule has 5 rings (SSSR count). The Morgan fingerprint density at radius 2 is 2.17 bits per heavy atom. The molecule has 1 aliphatic heterocycles. The van der Waals surface area contributed by atoms with Gasteiger partial charge in [0.25, 0.3) is 5.56 Å². The van der Waals surface area contributed by atoms with E-state index in [9.17, 15) is 13.6 Å². The van der Waals surface area contributed by atoms with Gasteiger partial charge in [0.2, 0.25) is 11.4 Å². The van der Waals surface area contributed by atoms with Gasteiger partial charge in [0.15, 0.2) is 0 Å². The molecule has 2 atom stereocenters. The molecule has 1 N–H and O–H groups in total. The van der Waals surface area contributed by atoms with Crippen LogP contribution in [0.15, 0.2) is 45.7 Å². The van der Waals surface area contributed by atoms with E-state index in [2.05, 4.69) is 9.97 Å². The maximum Gasteiger partial charge on any atom is 0.288 e. The van der Waals surface area contributed by atoms with Crippen molar-refractivity contribution in [2.45, 2.75) is 45.3 Å². The second-order valence-corrected chi connectivity index (χ2v) is 8.96. The molecule has 8 heteroatoms. The summed E-state index contributed by atoms with van der Waals surface area (Å²) in [6, 6.07) is 3.72. The monoisotopic (exact) mass is 426 g/mol. The second kappa shape index (κ2) is 7.12. The molecule has 1 aliphatic carbocycles. The van der Waals surface area contributed by atoms with Gasteiger partial charge in [-0.05, 0) is 50.0 Å². The quantitative estimate of drug-likeness (QED) is 0.656. The van der Waals surface area contributed by atoms with Crippen molar-refractivity contribution >= 4 is 27.2 Å². The Labute approximate surface area is 175 Å². The molecule has 0 amide bonds. The number of allylic oxidation sites excluding steroid dienone is 4. The molecule has 0 saturated carbocycles.